The molecule has 4 fully saturated rings. The minimum absolute atomic E-state index is 0. The molecule has 6 rings (SSSR count). The van der Waals surface area contributed by atoms with E-state index in [9.17, 15) is 17.6 Å². The second-order valence-electron chi connectivity index (χ2n) is 14.8. The van der Waals surface area contributed by atoms with Crippen LogP contribution < -0.4 is 15.0 Å². The lowest BCUT2D eigenvalue weighted by molar-refractivity contribution is 0.0609. The number of ether oxygens (including phenoxy) is 1. The van der Waals surface area contributed by atoms with Gasteiger partial charge < -0.3 is 24.8 Å². The molecular formula is C35H53ClFN7O4S. The van der Waals surface area contributed by atoms with E-state index in [4.69, 9.17) is 4.74 Å². The Kier molecular flexibility index (Phi) is 12.1. The van der Waals surface area contributed by atoms with E-state index in [1.807, 2.05) is 27.7 Å². The molecule has 0 aliphatic carbocycles. The van der Waals surface area contributed by atoms with Gasteiger partial charge in [-0.15, -0.1) is 12.4 Å². The Morgan fingerprint density at radius 3 is 2.31 bits per heavy atom. The quantitative estimate of drug-likeness (QED) is 0.371. The van der Waals surface area contributed by atoms with Crippen molar-refractivity contribution in [3.63, 3.8) is 0 Å². The molecule has 11 nitrogen and oxygen atoms in total. The van der Waals surface area contributed by atoms with Crippen LogP contribution in [-0.2, 0) is 10.0 Å². The van der Waals surface area contributed by atoms with E-state index in [0.717, 1.165) is 71.5 Å². The Bertz CT molecular complexity index is 1530. The molecule has 4 aliphatic heterocycles. The van der Waals surface area contributed by atoms with Gasteiger partial charge in [0.2, 0.25) is 10.0 Å². The van der Waals surface area contributed by atoms with Crippen molar-refractivity contribution in [2.75, 3.05) is 63.8 Å². The lowest BCUT2D eigenvalue weighted by atomic mass is 9.72. The molecule has 0 radical (unpaired) electrons. The van der Waals surface area contributed by atoms with Gasteiger partial charge in [-0.1, -0.05) is 0 Å². The number of benzene rings is 1. The molecule has 1 spiro atoms. The summed E-state index contributed by atoms with van der Waals surface area (Å²) in [7, 11) is -3.19. The number of hydrogen-bond acceptors (Lipinski definition) is 9. The first-order valence-corrected chi connectivity index (χ1v) is 19.2. The molecule has 0 atom stereocenters. The molecule has 1 amide bonds. The molecular weight excluding hydrogens is 669 g/mol. The molecule has 1 aromatic carbocycles. The van der Waals surface area contributed by atoms with Crippen molar-refractivity contribution >= 4 is 34.2 Å². The smallest absolute Gasteiger partial charge is 0.258 e. The minimum Gasteiger partial charge on any atom is -0.451 e. The number of anilines is 1. The molecule has 5 heterocycles. The van der Waals surface area contributed by atoms with Crippen LogP contribution in [0.3, 0.4) is 0 Å². The lowest BCUT2D eigenvalue weighted by Crippen LogP contribution is -2.61. The van der Waals surface area contributed by atoms with Crippen LogP contribution in [0.1, 0.15) is 76.6 Å². The third kappa shape index (κ3) is 8.32. The van der Waals surface area contributed by atoms with E-state index >= 15 is 0 Å². The number of nitrogens with zero attached hydrogens (tertiary/aromatic N) is 6. The van der Waals surface area contributed by atoms with Crippen LogP contribution in [-0.4, -0.2) is 115 Å². The largest absolute Gasteiger partial charge is 0.451 e. The Balaban J connectivity index is 0.00000468. The Hall–Kier alpha value is -2.58. The van der Waals surface area contributed by atoms with E-state index in [1.165, 1.54) is 24.5 Å². The first kappa shape index (κ1) is 37.7. The van der Waals surface area contributed by atoms with Crippen molar-refractivity contribution in [3.05, 3.63) is 42.1 Å². The van der Waals surface area contributed by atoms with Crippen LogP contribution in [0.5, 0.6) is 11.5 Å². The van der Waals surface area contributed by atoms with Crippen molar-refractivity contribution in [1.82, 2.24) is 29.4 Å². The molecule has 14 heteroatoms. The highest BCUT2D eigenvalue weighted by Crippen LogP contribution is 2.45. The Morgan fingerprint density at radius 1 is 1.02 bits per heavy atom. The number of carbonyl (C=O) groups excluding carboxylic acids is 1. The molecule has 4 saturated heterocycles. The normalized spacial score (nSPS) is 21.1. The van der Waals surface area contributed by atoms with Gasteiger partial charge in [-0.3, -0.25) is 4.79 Å². The molecule has 1 N–H and O–H groups in total. The van der Waals surface area contributed by atoms with Crippen LogP contribution >= 0.6 is 12.4 Å². The maximum Gasteiger partial charge on any atom is 0.258 e. The summed E-state index contributed by atoms with van der Waals surface area (Å²) in [6.45, 7) is 15.5. The number of amides is 1. The summed E-state index contributed by atoms with van der Waals surface area (Å²) in [6, 6.07) is 3.93. The van der Waals surface area contributed by atoms with Crippen molar-refractivity contribution in [3.8, 4) is 11.5 Å². The highest BCUT2D eigenvalue weighted by atomic mass is 35.5. The van der Waals surface area contributed by atoms with Gasteiger partial charge in [0.1, 0.15) is 17.9 Å². The van der Waals surface area contributed by atoms with Crippen LogP contribution in [0.15, 0.2) is 30.7 Å². The van der Waals surface area contributed by atoms with Gasteiger partial charge in [-0.25, -0.2) is 27.1 Å². The highest BCUT2D eigenvalue weighted by molar-refractivity contribution is 7.89. The van der Waals surface area contributed by atoms with Gasteiger partial charge in [0, 0.05) is 50.2 Å². The molecule has 0 unspecified atom stereocenters. The first-order valence-electron chi connectivity index (χ1n) is 17.7. The van der Waals surface area contributed by atoms with Crippen LogP contribution in [0.4, 0.5) is 10.2 Å². The van der Waals surface area contributed by atoms with Gasteiger partial charge in [-0.05, 0) is 117 Å². The van der Waals surface area contributed by atoms with Crippen LogP contribution in [0.25, 0.3) is 0 Å². The van der Waals surface area contributed by atoms with E-state index in [1.54, 1.807) is 15.4 Å². The average Bonchev–Trinajstić information content (AvgIpc) is 3.05. The highest BCUT2D eigenvalue weighted by Gasteiger charge is 2.46. The fourth-order valence-corrected chi connectivity index (χ4v) is 10.1. The standard InChI is InChI=1S/C35H52FN7O4S.ClH/c1-25(2)43(26(3)4)34(44)30-19-28(36)5-6-31(30)47-32-20-38-24-39-33(32)41-22-35(23-41)11-17-40(18-12-35)21-27-9-15-42(16-10-27)48(45,46)29-7-13-37-14-8-29;/h5-6,19-20,24-27,29,37H,7-18,21-23H2,1-4H3;1H. The maximum absolute atomic E-state index is 14.4. The van der Waals surface area contributed by atoms with Crippen LogP contribution in [0.2, 0.25) is 0 Å². The second kappa shape index (κ2) is 15.8. The number of piperidine rings is 3. The van der Waals surface area contributed by atoms with Gasteiger partial charge >= 0.3 is 0 Å². The fraction of sp³-hybridized carbons (Fsp3) is 0.686. The fourth-order valence-electron chi connectivity index (χ4n) is 8.16. The molecule has 2 aromatic rings. The number of hydrogen-bond donors (Lipinski definition) is 1. The predicted molar refractivity (Wildman–Crippen MR) is 192 cm³/mol. The minimum atomic E-state index is -3.19. The van der Waals surface area contributed by atoms with Crippen molar-refractivity contribution in [1.29, 1.82) is 0 Å². The van der Waals surface area contributed by atoms with Gasteiger partial charge in [0.15, 0.2) is 11.6 Å². The third-order valence-electron chi connectivity index (χ3n) is 10.8. The van der Waals surface area contributed by atoms with E-state index in [-0.39, 0.29) is 52.4 Å². The van der Waals surface area contributed by atoms with Gasteiger partial charge in [-0.2, -0.15) is 0 Å². The summed E-state index contributed by atoms with van der Waals surface area (Å²) < 4.78 is 48.7. The van der Waals surface area contributed by atoms with E-state index < -0.39 is 15.8 Å². The van der Waals surface area contributed by atoms with Crippen molar-refractivity contribution in [2.45, 2.75) is 83.6 Å². The van der Waals surface area contributed by atoms with Gasteiger partial charge in [0.25, 0.3) is 5.91 Å². The summed E-state index contributed by atoms with van der Waals surface area (Å²) in [5.41, 5.74) is 0.394. The molecule has 4 aliphatic rings. The average molecular weight is 722 g/mol. The molecule has 0 bridgehead atoms. The Morgan fingerprint density at radius 2 is 1.67 bits per heavy atom. The summed E-state index contributed by atoms with van der Waals surface area (Å²) in [4.78, 5) is 28.8. The van der Waals surface area contributed by atoms with E-state index in [0.29, 0.717) is 43.4 Å². The van der Waals surface area contributed by atoms with Gasteiger partial charge in [0.05, 0.1) is 17.0 Å². The molecule has 272 valence electrons. The number of likely N-dealkylation sites (tertiary alicyclic amines) is 1. The summed E-state index contributed by atoms with van der Waals surface area (Å²) in [5, 5.41) is 3.04. The number of nitrogens with one attached hydrogen (secondary N) is 1. The second-order valence-corrected chi connectivity index (χ2v) is 17.1. The predicted octanol–water partition coefficient (Wildman–Crippen LogP) is 4.78. The zero-order valence-electron chi connectivity index (χ0n) is 29.3. The Labute approximate surface area is 297 Å². The third-order valence-corrected chi connectivity index (χ3v) is 13.2. The SMILES string of the molecule is CC(C)N(C(=O)c1cc(F)ccc1Oc1cncnc1N1CC2(CCN(CC3CCN(S(=O)(=O)C4CCNCC4)CC3)CC2)C1)C(C)C.Cl. The van der Waals surface area contributed by atoms with Crippen LogP contribution in [0, 0.1) is 17.2 Å². The summed E-state index contributed by atoms with van der Waals surface area (Å²) in [6.07, 6.45) is 8.62. The number of halogens is 2. The summed E-state index contributed by atoms with van der Waals surface area (Å²) in [5.74, 6) is 1.16. The number of aromatic nitrogens is 2. The lowest BCUT2D eigenvalue weighted by Gasteiger charge is -2.54. The molecule has 1 aromatic heterocycles. The number of rotatable bonds is 10. The zero-order chi connectivity index (χ0) is 34.1. The topological polar surface area (TPSA) is 111 Å². The van der Waals surface area contributed by atoms with Crippen molar-refractivity contribution < 1.29 is 22.3 Å². The first-order chi connectivity index (χ1) is 23.0. The maximum atomic E-state index is 14.4. The molecule has 0 saturated carbocycles. The molecule has 49 heavy (non-hydrogen) atoms. The summed E-state index contributed by atoms with van der Waals surface area (Å²) >= 11 is 0. The van der Waals surface area contributed by atoms with Crippen molar-refractivity contribution in [2.24, 2.45) is 11.3 Å². The number of sulfonamides is 1. The zero-order valence-corrected chi connectivity index (χ0v) is 30.9. The number of carbonyl (C=O) groups is 1. The monoisotopic (exact) mass is 721 g/mol. The van der Waals surface area contributed by atoms with E-state index in [2.05, 4.69) is 25.1 Å².